The Balaban J connectivity index is 5.75. The molecule has 0 fully saturated rings. The first-order chi connectivity index (χ1) is 7.31. The van der Waals surface area contributed by atoms with E-state index < -0.39 is 29.4 Å². The predicted molar refractivity (Wildman–Crippen MR) is 92.3 cm³/mol. The van der Waals surface area contributed by atoms with Gasteiger partial charge in [0.15, 0.2) is 0 Å². The third-order valence-corrected chi connectivity index (χ3v) is 79.1. The van der Waals surface area contributed by atoms with Gasteiger partial charge in [0.2, 0.25) is 0 Å². The van der Waals surface area contributed by atoms with E-state index in [1.54, 1.807) is 0 Å². The maximum Gasteiger partial charge on any atom is 0.0428 e. The van der Waals surface area contributed by atoms with E-state index in [0.29, 0.717) is 6.61 Å². The minimum absolute atomic E-state index is 0.397. The van der Waals surface area contributed by atoms with Gasteiger partial charge in [-0.2, -0.15) is 0 Å². The fourth-order valence-corrected chi connectivity index (χ4v) is 104. The highest BCUT2D eigenvalue weighted by Crippen LogP contribution is 2.40. The lowest BCUT2D eigenvalue weighted by Gasteiger charge is -2.57. The smallest absolute Gasteiger partial charge is 0.0428 e. The Morgan fingerprint density at radius 2 is 0.941 bits per heavy atom. The highest BCUT2D eigenvalue weighted by atomic mass is 29.9. The second-order valence-corrected chi connectivity index (χ2v) is 50.0. The van der Waals surface area contributed by atoms with Gasteiger partial charge in [0.25, 0.3) is 0 Å². The topological polar surface area (TPSA) is 20.2 Å². The Morgan fingerprint density at radius 3 is 1.12 bits per heavy atom. The lowest BCUT2D eigenvalue weighted by molar-refractivity contribution is 0.295. The Labute approximate surface area is 112 Å². The first-order valence-corrected chi connectivity index (χ1v) is 22.6. The number of hydrogen-bond acceptors (Lipinski definition) is 1. The molecule has 1 N–H and O–H groups in total. The van der Waals surface area contributed by atoms with Crippen molar-refractivity contribution in [3.8, 4) is 0 Å². The largest absolute Gasteiger partial charge is 0.396 e. The molecule has 0 rings (SSSR count). The summed E-state index contributed by atoms with van der Waals surface area (Å²) in [6.07, 6.45) is 1.06. The van der Waals surface area contributed by atoms with Crippen LogP contribution < -0.4 is 0 Å². The molecule has 0 aliphatic carbocycles. The summed E-state index contributed by atoms with van der Waals surface area (Å²) < 4.78 is 0. The van der Waals surface area contributed by atoms with Crippen LogP contribution in [0, 0.1) is 0 Å². The number of aliphatic hydroxyl groups excluding tert-OH is 1. The van der Waals surface area contributed by atoms with E-state index in [0.717, 1.165) is 6.42 Å². The molecule has 5 heteroatoms. The molecule has 0 saturated heterocycles. The van der Waals surface area contributed by atoms with Gasteiger partial charge in [0.05, 0.1) is 0 Å². The number of aliphatic hydroxyl groups is 1. The summed E-state index contributed by atoms with van der Waals surface area (Å²) in [5, 5.41) is 9.30. The molecule has 0 aliphatic rings. The molecule has 1 nitrogen and oxygen atoms in total. The minimum Gasteiger partial charge on any atom is -0.396 e. The van der Waals surface area contributed by atoms with E-state index in [9.17, 15) is 5.11 Å². The zero-order chi connectivity index (χ0) is 14.1. The Morgan fingerprint density at radius 1 is 0.647 bits per heavy atom. The van der Waals surface area contributed by atoms with Crippen LogP contribution in [0.4, 0.5) is 0 Å². The summed E-state index contributed by atoms with van der Waals surface area (Å²) in [4.78, 5) is 0. The molecule has 0 aromatic rings. The molecular formula is C12H34OSi4. The van der Waals surface area contributed by atoms with Crippen molar-refractivity contribution in [2.24, 2.45) is 0 Å². The molecule has 0 unspecified atom stereocenters. The van der Waals surface area contributed by atoms with E-state index >= 15 is 0 Å². The molecule has 0 radical (unpaired) electrons. The van der Waals surface area contributed by atoms with Crippen molar-refractivity contribution in [2.75, 3.05) is 6.61 Å². The standard InChI is InChI=1S/C12H34OSi4/c1-14(2,3)17(12-10-11-13,15(4,5)6)16(7,8)9/h13H,10-12H2,1-9H3. The molecule has 0 aromatic heterocycles. The lowest BCUT2D eigenvalue weighted by Crippen LogP contribution is -2.82. The maximum atomic E-state index is 9.30. The fraction of sp³-hybridized carbons (Fsp3) is 1.00. The SMILES string of the molecule is C[Si](C)(C)[Si](CCCO)([Si](C)(C)C)[Si](C)(C)C. The van der Waals surface area contributed by atoms with Gasteiger partial charge in [-0.15, -0.1) is 0 Å². The van der Waals surface area contributed by atoms with Gasteiger partial charge in [-0.05, 0) is 6.42 Å². The van der Waals surface area contributed by atoms with E-state index in [-0.39, 0.29) is 0 Å². The molecule has 0 bridgehead atoms. The van der Waals surface area contributed by atoms with Gasteiger partial charge in [-0.25, -0.2) is 0 Å². The Hall–Kier alpha value is 0.828. The van der Waals surface area contributed by atoms with E-state index in [1.807, 2.05) is 0 Å². The van der Waals surface area contributed by atoms with Gasteiger partial charge < -0.3 is 5.11 Å². The summed E-state index contributed by atoms with van der Waals surface area (Å²) in [6, 6.07) is 1.41. The van der Waals surface area contributed by atoms with Crippen molar-refractivity contribution in [1.29, 1.82) is 0 Å². The van der Waals surface area contributed by atoms with Gasteiger partial charge in [0.1, 0.15) is 0 Å². The summed E-state index contributed by atoms with van der Waals surface area (Å²) in [5.41, 5.74) is 0. The molecular weight excluding hydrogens is 272 g/mol. The predicted octanol–water partition coefficient (Wildman–Crippen LogP) is 4.07. The number of hydrogen-bond donors (Lipinski definition) is 1. The van der Waals surface area contributed by atoms with Crippen LogP contribution in [0.3, 0.4) is 0 Å². The van der Waals surface area contributed by atoms with Crippen molar-refractivity contribution in [2.45, 2.75) is 71.4 Å². The van der Waals surface area contributed by atoms with Gasteiger partial charge in [-0.1, -0.05) is 65.0 Å². The lowest BCUT2D eigenvalue weighted by atomic mass is 10.5. The Bertz CT molecular complexity index is 209. The first-order valence-electron chi connectivity index (χ1n) is 6.92. The van der Waals surface area contributed by atoms with Crippen molar-refractivity contribution < 1.29 is 5.11 Å². The molecule has 0 aromatic carbocycles. The van der Waals surface area contributed by atoms with E-state index in [1.165, 1.54) is 6.04 Å². The van der Waals surface area contributed by atoms with Crippen LogP contribution in [0.2, 0.25) is 65.0 Å². The minimum atomic E-state index is -1.16. The zero-order valence-corrected chi connectivity index (χ0v) is 17.6. The first kappa shape index (κ1) is 17.8. The van der Waals surface area contributed by atoms with Crippen molar-refractivity contribution in [3.63, 3.8) is 0 Å². The van der Waals surface area contributed by atoms with Gasteiger partial charge >= 0.3 is 0 Å². The second kappa shape index (κ2) is 5.44. The van der Waals surface area contributed by atoms with Gasteiger partial charge in [0, 0.05) is 36.0 Å². The molecule has 0 aliphatic heterocycles. The van der Waals surface area contributed by atoms with Gasteiger partial charge in [-0.3, -0.25) is 0 Å². The quantitative estimate of drug-likeness (QED) is 0.734. The fourth-order valence-electron chi connectivity index (χ4n) is 4.84. The van der Waals surface area contributed by atoms with Crippen LogP contribution in [0.1, 0.15) is 6.42 Å². The monoisotopic (exact) mass is 306 g/mol. The highest BCUT2D eigenvalue weighted by molar-refractivity contribution is 7.89. The summed E-state index contributed by atoms with van der Waals surface area (Å²) in [7, 11) is -3.28. The van der Waals surface area contributed by atoms with Crippen molar-refractivity contribution in [1.82, 2.24) is 0 Å². The third kappa shape index (κ3) is 3.43. The summed E-state index contributed by atoms with van der Waals surface area (Å²) >= 11 is 0. The molecule has 0 saturated carbocycles. The number of rotatable bonds is 6. The Kier molecular flexibility index (Phi) is 5.71. The average Bonchev–Trinajstić information content (AvgIpc) is 1.96. The van der Waals surface area contributed by atoms with Crippen molar-refractivity contribution >= 4 is 29.4 Å². The molecule has 0 heterocycles. The van der Waals surface area contributed by atoms with Crippen LogP contribution in [-0.2, 0) is 0 Å². The molecule has 0 atom stereocenters. The maximum absolute atomic E-state index is 9.30. The van der Waals surface area contributed by atoms with Crippen LogP contribution in [0.5, 0.6) is 0 Å². The molecule has 0 spiro atoms. The molecule has 104 valence electrons. The normalized spacial score (nSPS) is 15.2. The average molecular weight is 307 g/mol. The third-order valence-electron chi connectivity index (χ3n) is 4.55. The van der Waals surface area contributed by atoms with Crippen LogP contribution >= 0.6 is 0 Å². The second-order valence-electron chi connectivity index (χ2n) is 8.48. The molecule has 0 amide bonds. The zero-order valence-electron chi connectivity index (χ0n) is 13.6. The van der Waals surface area contributed by atoms with E-state index in [2.05, 4.69) is 58.9 Å². The van der Waals surface area contributed by atoms with Crippen molar-refractivity contribution in [3.05, 3.63) is 0 Å². The summed E-state index contributed by atoms with van der Waals surface area (Å²) in [5.74, 6) is 0. The van der Waals surface area contributed by atoms with E-state index in [4.69, 9.17) is 0 Å². The highest BCUT2D eigenvalue weighted by Gasteiger charge is 2.60. The van der Waals surface area contributed by atoms with Crippen LogP contribution in [-0.4, -0.2) is 41.1 Å². The van der Waals surface area contributed by atoms with Crippen LogP contribution in [0.25, 0.3) is 0 Å². The summed E-state index contributed by atoms with van der Waals surface area (Å²) in [6.45, 7) is 22.8. The molecule has 17 heavy (non-hydrogen) atoms. The van der Waals surface area contributed by atoms with Crippen LogP contribution in [0.15, 0.2) is 0 Å².